The third-order valence-corrected chi connectivity index (χ3v) is 3.95. The van der Waals surface area contributed by atoms with Crippen molar-refractivity contribution in [3.8, 4) is 5.75 Å². The predicted octanol–water partition coefficient (Wildman–Crippen LogP) is 2.74. The van der Waals surface area contributed by atoms with Crippen LogP contribution in [0.2, 0.25) is 0 Å². The van der Waals surface area contributed by atoms with Crippen molar-refractivity contribution in [2.75, 3.05) is 16.8 Å². The third-order valence-electron chi connectivity index (χ3n) is 3.95. The van der Waals surface area contributed by atoms with Crippen LogP contribution in [0.4, 0.5) is 17.1 Å². The number of hydrogen-bond donors (Lipinski definition) is 1. The summed E-state index contributed by atoms with van der Waals surface area (Å²) >= 11 is 0. The van der Waals surface area contributed by atoms with Gasteiger partial charge < -0.3 is 10.1 Å². The molecule has 2 amide bonds. The highest BCUT2D eigenvalue weighted by Gasteiger charge is 2.39. The van der Waals surface area contributed by atoms with Crippen molar-refractivity contribution in [2.24, 2.45) is 0 Å². The van der Waals surface area contributed by atoms with Gasteiger partial charge in [-0.2, -0.15) is 0 Å². The molecule has 3 rings (SSSR count). The van der Waals surface area contributed by atoms with Gasteiger partial charge >= 0.3 is 0 Å². The monoisotopic (exact) mass is 355 g/mol. The van der Waals surface area contributed by atoms with E-state index in [4.69, 9.17) is 4.74 Å². The van der Waals surface area contributed by atoms with E-state index >= 15 is 0 Å². The number of anilines is 2. The highest BCUT2D eigenvalue weighted by atomic mass is 16.6. The number of imide groups is 1. The zero-order valence-corrected chi connectivity index (χ0v) is 14.0. The van der Waals surface area contributed by atoms with Crippen LogP contribution in [-0.4, -0.2) is 29.4 Å². The molecule has 1 fully saturated rings. The van der Waals surface area contributed by atoms with Gasteiger partial charge in [0.05, 0.1) is 23.6 Å². The highest BCUT2D eigenvalue weighted by Crippen LogP contribution is 2.27. The molecule has 1 N–H and O–H groups in total. The fraction of sp³-hybridized carbons (Fsp3) is 0.222. The Labute approximate surface area is 149 Å². The third kappa shape index (κ3) is 3.49. The lowest BCUT2D eigenvalue weighted by Gasteiger charge is -2.16. The average molecular weight is 355 g/mol. The van der Waals surface area contributed by atoms with Crippen molar-refractivity contribution in [1.82, 2.24) is 0 Å². The van der Waals surface area contributed by atoms with E-state index in [0.29, 0.717) is 23.7 Å². The van der Waals surface area contributed by atoms with Crippen LogP contribution in [-0.2, 0) is 9.59 Å². The number of nitrogens with zero attached hydrogens (tertiary/aromatic N) is 2. The number of hydrogen-bond acceptors (Lipinski definition) is 6. The van der Waals surface area contributed by atoms with Crippen LogP contribution < -0.4 is 15.0 Å². The second kappa shape index (κ2) is 7.22. The van der Waals surface area contributed by atoms with E-state index in [1.165, 1.54) is 18.2 Å². The van der Waals surface area contributed by atoms with E-state index in [2.05, 4.69) is 5.32 Å². The summed E-state index contributed by atoms with van der Waals surface area (Å²) in [5.41, 5.74) is 0.792. The zero-order chi connectivity index (χ0) is 18.7. The number of nitro groups is 1. The Hall–Kier alpha value is -3.42. The number of nitrogens with one attached hydrogen (secondary N) is 1. The molecule has 2 aromatic carbocycles. The van der Waals surface area contributed by atoms with Gasteiger partial charge in [0.2, 0.25) is 5.91 Å². The molecule has 2 aromatic rings. The second-order valence-electron chi connectivity index (χ2n) is 5.70. The maximum atomic E-state index is 12.6. The standard InChI is InChI=1S/C18H17N3O5/c1-2-26-15-8-6-13(7-9-15)20-17(22)11-16(18(20)23)19-12-4-3-5-14(10-12)21(24)25/h3-10,16,19H,2,11H2,1H3/t16-/m1/s1. The molecule has 0 saturated carbocycles. The number of carbonyl (C=O) groups excluding carboxylic acids is 2. The Morgan fingerprint density at radius 3 is 2.62 bits per heavy atom. The van der Waals surface area contributed by atoms with Crippen molar-refractivity contribution in [3.63, 3.8) is 0 Å². The van der Waals surface area contributed by atoms with Crippen LogP contribution in [0.3, 0.4) is 0 Å². The quantitative estimate of drug-likeness (QED) is 0.486. The number of carbonyl (C=O) groups is 2. The smallest absolute Gasteiger partial charge is 0.271 e. The molecule has 8 heteroatoms. The topological polar surface area (TPSA) is 102 Å². The first-order valence-electron chi connectivity index (χ1n) is 8.10. The van der Waals surface area contributed by atoms with Gasteiger partial charge in [0.25, 0.3) is 11.6 Å². The Bertz CT molecular complexity index is 850. The van der Waals surface area contributed by atoms with Crippen LogP contribution in [0.1, 0.15) is 13.3 Å². The molecule has 1 aliphatic rings. The summed E-state index contributed by atoms with van der Waals surface area (Å²) in [5.74, 6) is -0.0747. The first-order chi connectivity index (χ1) is 12.5. The molecule has 134 valence electrons. The summed E-state index contributed by atoms with van der Waals surface area (Å²) in [6.45, 7) is 2.39. The van der Waals surface area contributed by atoms with Crippen LogP contribution >= 0.6 is 0 Å². The van der Waals surface area contributed by atoms with Crippen molar-refractivity contribution >= 4 is 28.9 Å². The number of nitro benzene ring substituents is 1. The average Bonchev–Trinajstić information content (AvgIpc) is 2.90. The summed E-state index contributed by atoms with van der Waals surface area (Å²) in [5, 5.41) is 13.8. The van der Waals surface area contributed by atoms with E-state index in [1.54, 1.807) is 30.3 Å². The summed E-state index contributed by atoms with van der Waals surface area (Å²) < 4.78 is 5.35. The Kier molecular flexibility index (Phi) is 4.83. The molecule has 0 aromatic heterocycles. The first-order valence-corrected chi connectivity index (χ1v) is 8.10. The van der Waals surface area contributed by atoms with E-state index in [-0.39, 0.29) is 18.0 Å². The molecule has 0 spiro atoms. The summed E-state index contributed by atoms with van der Waals surface area (Å²) in [4.78, 5) is 36.4. The SMILES string of the molecule is CCOc1ccc(N2C(=O)C[C@@H](Nc3cccc([N+](=O)[O-])c3)C2=O)cc1. The van der Waals surface area contributed by atoms with E-state index in [0.717, 1.165) is 4.90 Å². The minimum Gasteiger partial charge on any atom is -0.494 e. The fourth-order valence-corrected chi connectivity index (χ4v) is 2.78. The Morgan fingerprint density at radius 1 is 1.23 bits per heavy atom. The normalized spacial score (nSPS) is 16.7. The van der Waals surface area contributed by atoms with Gasteiger partial charge in [0, 0.05) is 17.8 Å². The van der Waals surface area contributed by atoms with E-state index in [1.807, 2.05) is 6.92 Å². The number of amides is 2. The summed E-state index contributed by atoms with van der Waals surface area (Å²) in [7, 11) is 0. The zero-order valence-electron chi connectivity index (χ0n) is 14.0. The van der Waals surface area contributed by atoms with Crippen LogP contribution in [0.25, 0.3) is 0 Å². The van der Waals surface area contributed by atoms with Crippen LogP contribution in [0.5, 0.6) is 5.75 Å². The molecule has 26 heavy (non-hydrogen) atoms. The molecule has 0 radical (unpaired) electrons. The van der Waals surface area contributed by atoms with Gasteiger partial charge in [-0.15, -0.1) is 0 Å². The van der Waals surface area contributed by atoms with Gasteiger partial charge in [0.15, 0.2) is 0 Å². The fourth-order valence-electron chi connectivity index (χ4n) is 2.78. The maximum absolute atomic E-state index is 12.6. The van der Waals surface area contributed by atoms with Gasteiger partial charge in [-0.3, -0.25) is 19.7 Å². The molecule has 1 heterocycles. The van der Waals surface area contributed by atoms with Crippen molar-refractivity contribution < 1.29 is 19.2 Å². The van der Waals surface area contributed by atoms with E-state index in [9.17, 15) is 19.7 Å². The molecule has 0 unspecified atom stereocenters. The Morgan fingerprint density at radius 2 is 1.96 bits per heavy atom. The Balaban J connectivity index is 1.76. The lowest BCUT2D eigenvalue weighted by molar-refractivity contribution is -0.384. The molecule has 0 bridgehead atoms. The molecule has 1 saturated heterocycles. The molecule has 8 nitrogen and oxygen atoms in total. The first kappa shape index (κ1) is 17.4. The molecule has 0 aliphatic carbocycles. The van der Waals surface area contributed by atoms with Crippen molar-refractivity contribution in [1.29, 1.82) is 0 Å². The molecular weight excluding hydrogens is 338 g/mol. The molecular formula is C18H17N3O5. The summed E-state index contributed by atoms with van der Waals surface area (Å²) in [6.07, 6.45) is -0.0191. The van der Waals surface area contributed by atoms with Gasteiger partial charge in [-0.1, -0.05) is 6.07 Å². The van der Waals surface area contributed by atoms with Gasteiger partial charge in [-0.25, -0.2) is 4.90 Å². The number of benzene rings is 2. The maximum Gasteiger partial charge on any atom is 0.271 e. The molecule has 1 atom stereocenters. The van der Waals surface area contributed by atoms with Gasteiger partial charge in [-0.05, 0) is 37.3 Å². The predicted molar refractivity (Wildman–Crippen MR) is 95.2 cm³/mol. The minimum atomic E-state index is -0.768. The van der Waals surface area contributed by atoms with Crippen LogP contribution in [0.15, 0.2) is 48.5 Å². The van der Waals surface area contributed by atoms with Crippen molar-refractivity contribution in [3.05, 3.63) is 58.6 Å². The van der Waals surface area contributed by atoms with Crippen LogP contribution in [0, 0.1) is 10.1 Å². The lowest BCUT2D eigenvalue weighted by atomic mass is 10.2. The summed E-state index contributed by atoms with van der Waals surface area (Å²) in [6, 6.07) is 11.7. The van der Waals surface area contributed by atoms with Crippen molar-refractivity contribution in [2.45, 2.75) is 19.4 Å². The number of rotatable bonds is 6. The lowest BCUT2D eigenvalue weighted by Crippen LogP contribution is -2.34. The second-order valence-corrected chi connectivity index (χ2v) is 5.70. The van der Waals surface area contributed by atoms with E-state index < -0.39 is 16.9 Å². The van der Waals surface area contributed by atoms with Gasteiger partial charge in [0.1, 0.15) is 11.8 Å². The largest absolute Gasteiger partial charge is 0.494 e. The molecule has 1 aliphatic heterocycles. The number of non-ortho nitro benzene ring substituents is 1. The minimum absolute atomic E-state index is 0.0191. The highest BCUT2D eigenvalue weighted by molar-refractivity contribution is 6.23. The number of ether oxygens (including phenoxy) is 1.